The Hall–Kier alpha value is -3.30. The van der Waals surface area contributed by atoms with Gasteiger partial charge in [-0.1, -0.05) is 59.8 Å². The summed E-state index contributed by atoms with van der Waals surface area (Å²) in [6, 6.07) is 15.3. The van der Waals surface area contributed by atoms with Crippen molar-refractivity contribution in [3.05, 3.63) is 76.5 Å². The lowest BCUT2D eigenvalue weighted by molar-refractivity contribution is -0.139. The molecule has 10 heteroatoms. The summed E-state index contributed by atoms with van der Waals surface area (Å²) in [7, 11) is 0. The number of carbonyl (C=O) groups is 2. The van der Waals surface area contributed by atoms with Crippen LogP contribution in [0.1, 0.15) is 18.5 Å². The Morgan fingerprint density at radius 2 is 2.00 bits per heavy atom. The molecule has 2 amide bonds. The maximum Gasteiger partial charge on any atom is 0.338 e. The van der Waals surface area contributed by atoms with Crippen molar-refractivity contribution in [2.24, 2.45) is 0 Å². The van der Waals surface area contributed by atoms with E-state index in [4.69, 9.17) is 20.8 Å². The second-order valence-electron chi connectivity index (χ2n) is 6.73. The number of halogens is 1. The molecule has 1 aliphatic rings. The second-order valence-corrected chi connectivity index (χ2v) is 8.09. The Morgan fingerprint density at radius 1 is 1.19 bits per heavy atom. The molecule has 2 aromatic carbocycles. The third-order valence-electron chi connectivity index (χ3n) is 4.60. The highest BCUT2D eigenvalue weighted by Gasteiger charge is 2.33. The van der Waals surface area contributed by atoms with E-state index in [-0.39, 0.29) is 12.4 Å². The SMILES string of the molecule is CCOC(=O)C1=C(CSc2nnc(-c3cccc(Cl)c3)o2)NC(=O)NC1c1ccccc1. The number of ether oxygens (including phenoxy) is 1. The Balaban J connectivity index is 1.60. The Kier molecular flexibility index (Phi) is 6.77. The van der Waals surface area contributed by atoms with Crippen molar-refractivity contribution in [3.63, 3.8) is 0 Å². The monoisotopic (exact) mass is 470 g/mol. The van der Waals surface area contributed by atoms with Gasteiger partial charge in [-0.15, -0.1) is 10.2 Å². The molecular weight excluding hydrogens is 452 g/mol. The predicted molar refractivity (Wildman–Crippen MR) is 120 cm³/mol. The maximum atomic E-state index is 12.8. The first-order chi connectivity index (χ1) is 15.5. The molecule has 8 nitrogen and oxygen atoms in total. The van der Waals surface area contributed by atoms with Crippen LogP contribution in [0.2, 0.25) is 5.02 Å². The topological polar surface area (TPSA) is 106 Å². The van der Waals surface area contributed by atoms with E-state index in [1.807, 2.05) is 36.4 Å². The van der Waals surface area contributed by atoms with Crippen LogP contribution in [0.3, 0.4) is 0 Å². The first-order valence-electron chi connectivity index (χ1n) is 9.80. The van der Waals surface area contributed by atoms with Crippen molar-refractivity contribution in [1.29, 1.82) is 0 Å². The van der Waals surface area contributed by atoms with E-state index in [1.165, 1.54) is 11.8 Å². The largest absolute Gasteiger partial charge is 0.463 e. The summed E-state index contributed by atoms with van der Waals surface area (Å²) in [5, 5.41) is 14.5. The van der Waals surface area contributed by atoms with Gasteiger partial charge in [0.25, 0.3) is 5.22 Å². The quantitative estimate of drug-likeness (QED) is 0.390. The van der Waals surface area contributed by atoms with Gasteiger partial charge in [0.2, 0.25) is 5.89 Å². The average molecular weight is 471 g/mol. The van der Waals surface area contributed by atoms with Crippen molar-refractivity contribution >= 4 is 35.4 Å². The van der Waals surface area contributed by atoms with E-state index in [2.05, 4.69) is 20.8 Å². The summed E-state index contributed by atoms with van der Waals surface area (Å²) in [5.74, 6) is 0.0444. The van der Waals surface area contributed by atoms with Crippen LogP contribution in [0.25, 0.3) is 11.5 Å². The normalized spacial score (nSPS) is 15.8. The molecule has 0 saturated heterocycles. The minimum Gasteiger partial charge on any atom is -0.463 e. The molecule has 32 heavy (non-hydrogen) atoms. The minimum atomic E-state index is -0.635. The van der Waals surface area contributed by atoms with Gasteiger partial charge in [-0.2, -0.15) is 0 Å². The third-order valence-corrected chi connectivity index (χ3v) is 5.68. The Bertz CT molecular complexity index is 1170. The number of rotatable bonds is 7. The highest BCUT2D eigenvalue weighted by molar-refractivity contribution is 7.99. The van der Waals surface area contributed by atoms with Gasteiger partial charge in [-0.05, 0) is 30.7 Å². The molecule has 0 fully saturated rings. The standard InChI is InChI=1S/C22H19ClN4O4S/c1-2-30-20(28)17-16(24-21(29)25-18(17)13-7-4-3-5-8-13)12-32-22-27-26-19(31-22)14-9-6-10-15(23)11-14/h3-11,18H,2,12H2,1H3,(H2,24,25,29). The average Bonchev–Trinajstić information content (AvgIpc) is 3.27. The molecule has 164 valence electrons. The number of nitrogens with zero attached hydrogens (tertiary/aromatic N) is 2. The maximum absolute atomic E-state index is 12.8. The fraction of sp³-hybridized carbons (Fsp3) is 0.182. The summed E-state index contributed by atoms with van der Waals surface area (Å²) in [6.07, 6.45) is 0. The highest BCUT2D eigenvalue weighted by atomic mass is 35.5. The van der Waals surface area contributed by atoms with Gasteiger partial charge < -0.3 is 19.8 Å². The molecule has 0 bridgehead atoms. The van der Waals surface area contributed by atoms with Crippen molar-refractivity contribution in [3.8, 4) is 11.5 Å². The molecular formula is C22H19ClN4O4S. The van der Waals surface area contributed by atoms with Crippen LogP contribution in [-0.2, 0) is 9.53 Å². The van der Waals surface area contributed by atoms with Crippen molar-refractivity contribution in [1.82, 2.24) is 20.8 Å². The van der Waals surface area contributed by atoms with Crippen LogP contribution >= 0.6 is 23.4 Å². The smallest absolute Gasteiger partial charge is 0.338 e. The van der Waals surface area contributed by atoms with Crippen LogP contribution in [0.4, 0.5) is 4.79 Å². The van der Waals surface area contributed by atoms with Crippen LogP contribution in [0.15, 0.2) is 75.5 Å². The lowest BCUT2D eigenvalue weighted by Gasteiger charge is -2.29. The van der Waals surface area contributed by atoms with E-state index < -0.39 is 18.0 Å². The van der Waals surface area contributed by atoms with Crippen LogP contribution < -0.4 is 10.6 Å². The molecule has 0 aliphatic carbocycles. The number of aromatic nitrogens is 2. The molecule has 3 aromatic rings. The molecule has 1 aliphatic heterocycles. The van der Waals surface area contributed by atoms with Crippen molar-refractivity contribution in [2.75, 3.05) is 12.4 Å². The molecule has 2 N–H and O–H groups in total. The third kappa shape index (κ3) is 4.95. The molecule has 1 aromatic heterocycles. The fourth-order valence-corrected chi connectivity index (χ4v) is 4.14. The summed E-state index contributed by atoms with van der Waals surface area (Å²) in [6.45, 7) is 1.94. The van der Waals surface area contributed by atoms with E-state index in [0.717, 1.165) is 5.56 Å². The van der Waals surface area contributed by atoms with Crippen molar-refractivity contribution < 1.29 is 18.7 Å². The molecule has 2 heterocycles. The minimum absolute atomic E-state index is 0.213. The number of benzene rings is 2. The Morgan fingerprint density at radius 3 is 2.75 bits per heavy atom. The summed E-state index contributed by atoms with van der Waals surface area (Å²) in [5.41, 5.74) is 2.23. The number of nitrogens with one attached hydrogen (secondary N) is 2. The highest BCUT2D eigenvalue weighted by Crippen LogP contribution is 2.31. The van der Waals surface area contributed by atoms with E-state index in [1.54, 1.807) is 25.1 Å². The lowest BCUT2D eigenvalue weighted by Crippen LogP contribution is -2.46. The van der Waals surface area contributed by atoms with Gasteiger partial charge in [0, 0.05) is 22.0 Å². The number of carbonyl (C=O) groups excluding carboxylic acids is 2. The first-order valence-corrected chi connectivity index (χ1v) is 11.2. The van der Waals surface area contributed by atoms with E-state index in [0.29, 0.717) is 33.0 Å². The molecule has 4 rings (SSSR count). The van der Waals surface area contributed by atoms with Gasteiger partial charge in [0.1, 0.15) is 0 Å². The zero-order chi connectivity index (χ0) is 22.5. The van der Waals surface area contributed by atoms with E-state index in [9.17, 15) is 9.59 Å². The first kappa shape index (κ1) is 21.9. The molecule has 0 saturated carbocycles. The number of thioether (sulfide) groups is 1. The second kappa shape index (κ2) is 9.88. The van der Waals surface area contributed by atoms with Crippen LogP contribution in [-0.4, -0.2) is 34.6 Å². The molecule has 1 atom stereocenters. The fourth-order valence-electron chi connectivity index (χ4n) is 3.22. The van der Waals surface area contributed by atoms with Gasteiger partial charge in [0.15, 0.2) is 0 Å². The Labute approximate surface area is 193 Å². The lowest BCUT2D eigenvalue weighted by atomic mass is 9.95. The van der Waals surface area contributed by atoms with Gasteiger partial charge in [-0.3, -0.25) is 0 Å². The summed E-state index contributed by atoms with van der Waals surface area (Å²) in [4.78, 5) is 25.1. The van der Waals surface area contributed by atoms with Crippen LogP contribution in [0.5, 0.6) is 0 Å². The molecule has 0 radical (unpaired) electrons. The molecule has 1 unspecified atom stereocenters. The number of hydrogen-bond donors (Lipinski definition) is 2. The predicted octanol–water partition coefficient (Wildman–Crippen LogP) is 4.35. The zero-order valence-corrected chi connectivity index (χ0v) is 18.6. The number of hydrogen-bond acceptors (Lipinski definition) is 7. The number of esters is 1. The van der Waals surface area contributed by atoms with Gasteiger partial charge in [0.05, 0.1) is 18.2 Å². The number of urea groups is 1. The van der Waals surface area contributed by atoms with Crippen LogP contribution in [0, 0.1) is 0 Å². The van der Waals surface area contributed by atoms with Gasteiger partial charge in [-0.25, -0.2) is 9.59 Å². The van der Waals surface area contributed by atoms with Gasteiger partial charge >= 0.3 is 12.0 Å². The molecule has 0 spiro atoms. The number of amides is 2. The van der Waals surface area contributed by atoms with Crippen molar-refractivity contribution in [2.45, 2.75) is 18.2 Å². The summed E-state index contributed by atoms with van der Waals surface area (Å²) >= 11 is 7.23. The summed E-state index contributed by atoms with van der Waals surface area (Å²) < 4.78 is 11.0. The van der Waals surface area contributed by atoms with E-state index >= 15 is 0 Å². The zero-order valence-electron chi connectivity index (χ0n) is 17.0.